The molecular formula is C17H28N2O6S. The highest BCUT2D eigenvalue weighted by molar-refractivity contribution is 7.92. The zero-order chi connectivity index (χ0) is 19.2. The Kier molecular flexibility index (Phi) is 7.43. The summed E-state index contributed by atoms with van der Waals surface area (Å²) >= 11 is 0. The number of fused-ring (bicyclic) bond motifs is 1. The molecule has 2 aliphatic rings. The zero-order valence-corrected chi connectivity index (χ0v) is 15.7. The van der Waals surface area contributed by atoms with E-state index in [2.05, 4.69) is 10.6 Å². The summed E-state index contributed by atoms with van der Waals surface area (Å²) in [6.07, 6.45) is 5.99. The van der Waals surface area contributed by atoms with Crippen LogP contribution in [-0.2, 0) is 19.4 Å². The largest absolute Gasteiger partial charge is 0.481 e. The summed E-state index contributed by atoms with van der Waals surface area (Å²) in [6, 6.07) is -0.993. The van der Waals surface area contributed by atoms with Gasteiger partial charge in [-0.25, -0.2) is 13.2 Å². The maximum Gasteiger partial charge on any atom is 0.315 e. The van der Waals surface area contributed by atoms with Crippen molar-refractivity contribution < 1.29 is 27.9 Å². The second-order valence-corrected chi connectivity index (χ2v) is 9.48. The van der Waals surface area contributed by atoms with Crippen LogP contribution in [0.15, 0.2) is 0 Å². The van der Waals surface area contributed by atoms with Crippen molar-refractivity contribution in [2.75, 3.05) is 5.75 Å². The Bertz CT molecular complexity index is 633. The fourth-order valence-electron chi connectivity index (χ4n) is 3.75. The predicted molar refractivity (Wildman–Crippen MR) is 95.6 cm³/mol. The first-order valence-corrected chi connectivity index (χ1v) is 11.0. The number of ketones is 1. The highest BCUT2D eigenvalue weighted by Crippen LogP contribution is 2.28. The third-order valence-corrected chi connectivity index (χ3v) is 7.39. The number of carboxylic acid groups (broad SMARTS) is 1. The number of rotatable bonds is 12. The molecule has 0 aromatic rings. The highest BCUT2D eigenvalue weighted by Gasteiger charge is 2.51. The molecule has 2 rings (SSSR count). The van der Waals surface area contributed by atoms with Crippen LogP contribution >= 0.6 is 0 Å². The van der Waals surface area contributed by atoms with Crippen molar-refractivity contribution in [3.8, 4) is 0 Å². The van der Waals surface area contributed by atoms with Gasteiger partial charge in [0.1, 0.15) is 5.78 Å². The van der Waals surface area contributed by atoms with E-state index < -0.39 is 21.1 Å². The van der Waals surface area contributed by atoms with Crippen molar-refractivity contribution in [3.63, 3.8) is 0 Å². The minimum Gasteiger partial charge on any atom is -0.481 e. The molecule has 2 saturated heterocycles. The maximum absolute atomic E-state index is 12.2. The summed E-state index contributed by atoms with van der Waals surface area (Å²) in [7, 11) is -3.20. The van der Waals surface area contributed by atoms with Crippen molar-refractivity contribution in [1.29, 1.82) is 0 Å². The van der Waals surface area contributed by atoms with Gasteiger partial charge >= 0.3 is 12.0 Å². The lowest BCUT2D eigenvalue weighted by Crippen LogP contribution is -2.39. The summed E-state index contributed by atoms with van der Waals surface area (Å²) in [6.45, 7) is 0. The molecule has 2 heterocycles. The van der Waals surface area contributed by atoms with Gasteiger partial charge in [-0.1, -0.05) is 19.3 Å². The normalized spacial score (nSPS) is 26.2. The highest BCUT2D eigenvalue weighted by atomic mass is 32.2. The van der Waals surface area contributed by atoms with Crippen molar-refractivity contribution in [3.05, 3.63) is 0 Å². The van der Waals surface area contributed by atoms with E-state index in [-0.39, 0.29) is 36.1 Å². The van der Waals surface area contributed by atoms with E-state index in [4.69, 9.17) is 5.11 Å². The van der Waals surface area contributed by atoms with Gasteiger partial charge in [0, 0.05) is 19.3 Å². The summed E-state index contributed by atoms with van der Waals surface area (Å²) in [5.41, 5.74) is 0. The molecule has 3 atom stereocenters. The van der Waals surface area contributed by atoms with Crippen molar-refractivity contribution >= 4 is 27.6 Å². The number of urea groups is 1. The van der Waals surface area contributed by atoms with Gasteiger partial charge in [-0.2, -0.15) is 0 Å². The van der Waals surface area contributed by atoms with E-state index in [1.165, 1.54) is 0 Å². The van der Waals surface area contributed by atoms with Crippen LogP contribution in [0.2, 0.25) is 0 Å². The Hall–Kier alpha value is -1.64. The maximum atomic E-state index is 12.2. The molecule has 0 bridgehead atoms. The number of nitrogens with one attached hydrogen (secondary N) is 2. The number of carboxylic acids is 1. The summed E-state index contributed by atoms with van der Waals surface area (Å²) in [5.74, 6) is -0.627. The van der Waals surface area contributed by atoms with Crippen LogP contribution < -0.4 is 10.6 Å². The zero-order valence-electron chi connectivity index (χ0n) is 14.9. The van der Waals surface area contributed by atoms with E-state index in [0.29, 0.717) is 38.5 Å². The number of sulfone groups is 1. The van der Waals surface area contributed by atoms with E-state index in [9.17, 15) is 22.8 Å². The van der Waals surface area contributed by atoms with Gasteiger partial charge < -0.3 is 15.7 Å². The quantitative estimate of drug-likeness (QED) is 0.342. The molecule has 0 aromatic heterocycles. The van der Waals surface area contributed by atoms with Crippen LogP contribution in [0.5, 0.6) is 0 Å². The number of carbonyl (C=O) groups excluding carboxylic acids is 2. The monoisotopic (exact) mass is 388 g/mol. The molecule has 2 aliphatic heterocycles. The molecular weight excluding hydrogens is 360 g/mol. The number of amides is 2. The number of Topliss-reactive ketones (excluding diaryl/α,β-unsaturated/α-hetero) is 1. The molecule has 8 nitrogen and oxygen atoms in total. The minimum absolute atomic E-state index is 0.0120. The lowest BCUT2D eigenvalue weighted by Gasteiger charge is -2.16. The van der Waals surface area contributed by atoms with Gasteiger partial charge in [-0.3, -0.25) is 9.59 Å². The molecule has 26 heavy (non-hydrogen) atoms. The number of aliphatic carboxylic acids is 1. The number of carbonyl (C=O) groups is 3. The first-order chi connectivity index (χ1) is 12.3. The Morgan fingerprint density at radius 3 is 2.23 bits per heavy atom. The molecule has 0 spiro atoms. The van der Waals surface area contributed by atoms with Crippen LogP contribution in [0.4, 0.5) is 4.79 Å². The summed E-state index contributed by atoms with van der Waals surface area (Å²) < 4.78 is 24.4. The van der Waals surface area contributed by atoms with Gasteiger partial charge in [0.2, 0.25) is 0 Å². The van der Waals surface area contributed by atoms with E-state index >= 15 is 0 Å². The van der Waals surface area contributed by atoms with E-state index in [0.717, 1.165) is 19.3 Å². The molecule has 2 fully saturated rings. The van der Waals surface area contributed by atoms with Gasteiger partial charge in [-0.05, 0) is 25.7 Å². The van der Waals surface area contributed by atoms with Crippen LogP contribution in [0.3, 0.4) is 0 Å². The standard InChI is InChI=1S/C17H28N2O6S/c20-12(7-3-1-2-4-10-15(21)22)8-5-6-9-14-16-13(11-26(14,24)25)18-17(23)19-16/h13-14,16H,1-11H2,(H,21,22)(H2,18,19,23)/t13-,14-,16-/m0/s1. The Morgan fingerprint density at radius 2 is 1.58 bits per heavy atom. The molecule has 0 radical (unpaired) electrons. The molecule has 0 unspecified atom stereocenters. The van der Waals surface area contributed by atoms with Gasteiger partial charge in [0.15, 0.2) is 9.84 Å². The number of hydrogen-bond acceptors (Lipinski definition) is 5. The summed E-state index contributed by atoms with van der Waals surface area (Å²) in [4.78, 5) is 33.6. The van der Waals surface area contributed by atoms with Crippen LogP contribution in [0, 0.1) is 0 Å². The van der Waals surface area contributed by atoms with E-state index in [1.807, 2.05) is 0 Å². The Morgan fingerprint density at radius 1 is 0.962 bits per heavy atom. The van der Waals surface area contributed by atoms with Crippen molar-refractivity contribution in [2.45, 2.75) is 81.5 Å². The fourth-order valence-corrected chi connectivity index (χ4v) is 6.02. The smallest absolute Gasteiger partial charge is 0.315 e. The van der Waals surface area contributed by atoms with E-state index in [1.54, 1.807) is 0 Å². The van der Waals surface area contributed by atoms with Crippen molar-refractivity contribution in [2.24, 2.45) is 0 Å². The fraction of sp³-hybridized carbons (Fsp3) is 0.824. The third kappa shape index (κ3) is 5.96. The topological polar surface area (TPSA) is 130 Å². The van der Waals surface area contributed by atoms with Gasteiger partial charge in [0.25, 0.3) is 0 Å². The minimum atomic E-state index is -3.20. The van der Waals surface area contributed by atoms with Crippen LogP contribution in [0.1, 0.15) is 64.2 Å². The second-order valence-electron chi connectivity index (χ2n) is 7.21. The third-order valence-electron chi connectivity index (χ3n) is 5.11. The molecule has 9 heteroatoms. The molecule has 0 aliphatic carbocycles. The Labute approximate surface area is 154 Å². The van der Waals surface area contributed by atoms with Crippen molar-refractivity contribution in [1.82, 2.24) is 10.6 Å². The predicted octanol–water partition coefficient (Wildman–Crippen LogP) is 1.39. The molecule has 0 saturated carbocycles. The van der Waals surface area contributed by atoms with Gasteiger partial charge in [-0.15, -0.1) is 0 Å². The average molecular weight is 388 g/mol. The molecule has 2 amide bonds. The number of unbranched alkanes of at least 4 members (excludes halogenated alkanes) is 4. The SMILES string of the molecule is O=C(O)CCCCCCC(=O)CCCC[C@H]1[C@H]2NC(=O)N[C@H]2CS1(=O)=O. The van der Waals surface area contributed by atoms with Crippen LogP contribution in [-0.4, -0.2) is 54.4 Å². The second kappa shape index (κ2) is 9.34. The first-order valence-electron chi connectivity index (χ1n) is 9.31. The molecule has 0 aromatic carbocycles. The lowest BCUT2D eigenvalue weighted by atomic mass is 10.0. The number of hydrogen-bond donors (Lipinski definition) is 3. The summed E-state index contributed by atoms with van der Waals surface area (Å²) in [5, 5.41) is 13.3. The lowest BCUT2D eigenvalue weighted by molar-refractivity contribution is -0.137. The van der Waals surface area contributed by atoms with Crippen LogP contribution in [0.25, 0.3) is 0 Å². The Balaban J connectivity index is 1.57. The van der Waals surface area contributed by atoms with Gasteiger partial charge in [0.05, 0.1) is 23.1 Å². The molecule has 148 valence electrons. The average Bonchev–Trinajstić information content (AvgIpc) is 2.99. The first kappa shape index (κ1) is 20.7. The molecule has 3 N–H and O–H groups in total.